The first-order chi connectivity index (χ1) is 21.7. The van der Waals surface area contributed by atoms with Crippen LogP contribution in [-0.4, -0.2) is 41.5 Å². The number of anilines is 2. The normalized spacial score (nSPS) is 21.2. The molecule has 0 saturated heterocycles. The molecule has 4 atom stereocenters. The molecule has 1 saturated carbocycles. The molecule has 4 rings (SSSR count). The minimum atomic E-state index is -1.74. The Balaban J connectivity index is 1.82. The van der Waals surface area contributed by atoms with E-state index in [1.165, 1.54) is 6.92 Å². The zero-order valence-corrected chi connectivity index (χ0v) is 28.3. The monoisotopic (exact) mass is 628 g/mol. The summed E-state index contributed by atoms with van der Waals surface area (Å²) in [6.07, 6.45) is 0.503. The lowest BCUT2D eigenvalue weighted by Crippen LogP contribution is -2.56. The Morgan fingerprint density at radius 1 is 0.870 bits per heavy atom. The first-order valence-electron chi connectivity index (χ1n) is 16.1. The quantitative estimate of drug-likeness (QED) is 0.196. The van der Waals surface area contributed by atoms with E-state index in [0.29, 0.717) is 47.6 Å². The molecule has 3 aromatic rings. The smallest absolute Gasteiger partial charge is 0.235 e. The second kappa shape index (κ2) is 14.5. The molecule has 0 heterocycles. The molecule has 0 radical (unpaired) electrons. The van der Waals surface area contributed by atoms with E-state index >= 15 is 0 Å². The summed E-state index contributed by atoms with van der Waals surface area (Å²) in [4.78, 5) is 42.2. The van der Waals surface area contributed by atoms with Gasteiger partial charge in [0.2, 0.25) is 11.8 Å². The summed E-state index contributed by atoms with van der Waals surface area (Å²) in [5, 5.41) is 17.7. The van der Waals surface area contributed by atoms with Gasteiger partial charge in [-0.2, -0.15) is 0 Å². The fourth-order valence-corrected chi connectivity index (χ4v) is 6.34. The van der Waals surface area contributed by atoms with Crippen molar-refractivity contribution < 1.29 is 29.0 Å². The SMILES string of the molecule is CCOc1cc(C2C(C(=O)Nc3ccc(C)cc3C)C(=O)CC(C)(O)C2C(=O)Nc2ccc(C)cc2C)ccc1OCCC(C)C. The van der Waals surface area contributed by atoms with Gasteiger partial charge in [-0.1, -0.05) is 55.3 Å². The number of ketones is 1. The van der Waals surface area contributed by atoms with E-state index in [-0.39, 0.29) is 6.42 Å². The number of amides is 2. The van der Waals surface area contributed by atoms with E-state index in [0.717, 1.165) is 28.7 Å². The maximum Gasteiger partial charge on any atom is 0.235 e. The fourth-order valence-electron chi connectivity index (χ4n) is 6.34. The van der Waals surface area contributed by atoms with Crippen molar-refractivity contribution in [1.82, 2.24) is 0 Å². The number of carbonyl (C=O) groups excluding carboxylic acids is 3. The number of hydrogen-bond donors (Lipinski definition) is 3. The van der Waals surface area contributed by atoms with Gasteiger partial charge in [0, 0.05) is 23.7 Å². The van der Waals surface area contributed by atoms with E-state index in [1.54, 1.807) is 18.2 Å². The number of benzene rings is 3. The van der Waals surface area contributed by atoms with Gasteiger partial charge in [-0.25, -0.2) is 0 Å². The number of aryl methyl sites for hydroxylation is 4. The van der Waals surface area contributed by atoms with Crippen molar-refractivity contribution in [2.75, 3.05) is 23.8 Å². The molecule has 46 heavy (non-hydrogen) atoms. The van der Waals surface area contributed by atoms with Crippen molar-refractivity contribution in [2.45, 2.75) is 79.8 Å². The number of nitrogens with one attached hydrogen (secondary N) is 2. The standard InChI is InChI=1S/C38H48N2O6/c1-9-45-32-20-27(12-15-31(32)46-17-16-22(2)3)33-34(36(42)39-28-13-10-23(4)18-25(28)6)30(41)21-38(8,44)35(33)37(43)40-29-14-11-24(5)19-26(29)7/h10-15,18-20,22,33-35,44H,9,16-17,21H2,1-8H3,(H,39,42)(H,40,43). The van der Waals surface area contributed by atoms with E-state index in [9.17, 15) is 19.5 Å². The highest BCUT2D eigenvalue weighted by atomic mass is 16.5. The summed E-state index contributed by atoms with van der Waals surface area (Å²) in [7, 11) is 0. The minimum absolute atomic E-state index is 0.353. The minimum Gasteiger partial charge on any atom is -0.490 e. The zero-order chi connectivity index (χ0) is 33.8. The lowest BCUT2D eigenvalue weighted by atomic mass is 9.61. The average Bonchev–Trinajstić information content (AvgIpc) is 2.95. The van der Waals surface area contributed by atoms with E-state index in [4.69, 9.17) is 9.47 Å². The Morgan fingerprint density at radius 2 is 1.46 bits per heavy atom. The molecule has 1 aliphatic rings. The maximum atomic E-state index is 14.2. The third-order valence-electron chi connectivity index (χ3n) is 8.72. The maximum absolute atomic E-state index is 14.2. The number of rotatable bonds is 11. The van der Waals surface area contributed by atoms with Crippen LogP contribution in [0.2, 0.25) is 0 Å². The zero-order valence-electron chi connectivity index (χ0n) is 28.3. The van der Waals surface area contributed by atoms with Crippen molar-refractivity contribution >= 4 is 29.0 Å². The molecule has 1 aliphatic carbocycles. The van der Waals surface area contributed by atoms with Crippen molar-refractivity contribution in [3.05, 3.63) is 82.4 Å². The van der Waals surface area contributed by atoms with Crippen molar-refractivity contribution in [2.24, 2.45) is 17.8 Å². The highest BCUT2D eigenvalue weighted by molar-refractivity contribution is 6.10. The summed E-state index contributed by atoms with van der Waals surface area (Å²) < 4.78 is 12.0. The molecule has 8 nitrogen and oxygen atoms in total. The van der Waals surface area contributed by atoms with Gasteiger partial charge in [0.25, 0.3) is 0 Å². The number of Topliss-reactive ketones (excluding diaryl/α,β-unsaturated/α-hetero) is 1. The highest BCUT2D eigenvalue weighted by Gasteiger charge is 2.56. The second-order valence-electron chi connectivity index (χ2n) is 13.3. The lowest BCUT2D eigenvalue weighted by molar-refractivity contribution is -0.150. The van der Waals surface area contributed by atoms with Crippen LogP contribution in [0.25, 0.3) is 0 Å². The molecule has 2 amide bonds. The Hall–Kier alpha value is -4.17. The first kappa shape index (κ1) is 34.7. The van der Waals surface area contributed by atoms with E-state index < -0.39 is 41.0 Å². The Bertz CT molecular complexity index is 1590. The van der Waals surface area contributed by atoms with Crippen LogP contribution in [0.3, 0.4) is 0 Å². The van der Waals surface area contributed by atoms with Crippen LogP contribution in [0, 0.1) is 45.4 Å². The van der Waals surface area contributed by atoms with Crippen molar-refractivity contribution in [1.29, 1.82) is 0 Å². The van der Waals surface area contributed by atoms with Gasteiger partial charge in [-0.15, -0.1) is 0 Å². The molecular weight excluding hydrogens is 580 g/mol. The number of ether oxygens (including phenoxy) is 2. The Kier molecular flexibility index (Phi) is 10.9. The molecule has 8 heteroatoms. The number of hydrogen-bond acceptors (Lipinski definition) is 6. The van der Waals surface area contributed by atoms with Gasteiger partial charge < -0.3 is 25.2 Å². The molecule has 1 fully saturated rings. The highest BCUT2D eigenvalue weighted by Crippen LogP contribution is 2.48. The van der Waals surface area contributed by atoms with Crippen LogP contribution in [0.1, 0.15) is 74.3 Å². The third kappa shape index (κ3) is 7.97. The van der Waals surface area contributed by atoms with E-state index in [1.807, 2.05) is 71.0 Å². The largest absolute Gasteiger partial charge is 0.490 e. The molecule has 0 aromatic heterocycles. The predicted molar refractivity (Wildman–Crippen MR) is 182 cm³/mol. The van der Waals surface area contributed by atoms with Crippen molar-refractivity contribution in [3.63, 3.8) is 0 Å². The Labute approximate surface area is 272 Å². The summed E-state index contributed by atoms with van der Waals surface area (Å²) in [5.41, 5.74) is 3.77. The van der Waals surface area contributed by atoms with Crippen LogP contribution in [-0.2, 0) is 14.4 Å². The molecule has 0 aliphatic heterocycles. The van der Waals surface area contributed by atoms with Crippen LogP contribution < -0.4 is 20.1 Å². The van der Waals surface area contributed by atoms with Crippen LogP contribution in [0.15, 0.2) is 54.6 Å². The number of carbonyl (C=O) groups is 3. The van der Waals surface area contributed by atoms with Gasteiger partial charge in [0.05, 0.1) is 24.7 Å². The van der Waals surface area contributed by atoms with E-state index in [2.05, 4.69) is 24.5 Å². The van der Waals surface area contributed by atoms with Crippen LogP contribution in [0.5, 0.6) is 11.5 Å². The molecular formula is C38H48N2O6. The van der Waals surface area contributed by atoms with Crippen molar-refractivity contribution in [3.8, 4) is 11.5 Å². The third-order valence-corrected chi connectivity index (χ3v) is 8.72. The predicted octanol–water partition coefficient (Wildman–Crippen LogP) is 7.06. The van der Waals surface area contributed by atoms with Gasteiger partial charge in [-0.05, 0) is 94.8 Å². The van der Waals surface area contributed by atoms with Crippen LogP contribution >= 0.6 is 0 Å². The second-order valence-corrected chi connectivity index (χ2v) is 13.3. The molecule has 0 bridgehead atoms. The summed E-state index contributed by atoms with van der Waals surface area (Å²) >= 11 is 0. The van der Waals surface area contributed by atoms with Crippen LogP contribution in [0.4, 0.5) is 11.4 Å². The summed E-state index contributed by atoms with van der Waals surface area (Å²) in [6, 6.07) is 16.6. The summed E-state index contributed by atoms with van der Waals surface area (Å²) in [5.74, 6) is -3.42. The van der Waals surface area contributed by atoms with Gasteiger partial charge in [0.15, 0.2) is 11.5 Å². The molecule has 4 unspecified atom stereocenters. The molecule has 246 valence electrons. The van der Waals surface area contributed by atoms with Gasteiger partial charge in [-0.3, -0.25) is 14.4 Å². The van der Waals surface area contributed by atoms with Gasteiger partial charge >= 0.3 is 0 Å². The molecule has 3 N–H and O–H groups in total. The number of aliphatic hydroxyl groups is 1. The van der Waals surface area contributed by atoms with Gasteiger partial charge in [0.1, 0.15) is 11.7 Å². The topological polar surface area (TPSA) is 114 Å². The molecule has 3 aromatic carbocycles. The fraction of sp³-hybridized carbons (Fsp3) is 0.447. The first-order valence-corrected chi connectivity index (χ1v) is 16.1. The Morgan fingerprint density at radius 3 is 2.00 bits per heavy atom. The lowest BCUT2D eigenvalue weighted by Gasteiger charge is -2.44. The molecule has 0 spiro atoms. The summed E-state index contributed by atoms with van der Waals surface area (Å²) in [6.45, 7) is 16.2. The average molecular weight is 629 g/mol.